The van der Waals surface area contributed by atoms with E-state index in [-0.39, 0.29) is 23.8 Å². The largest absolute Gasteiger partial charge is 0.478 e. The van der Waals surface area contributed by atoms with Crippen molar-refractivity contribution >= 4 is 11.9 Å². The number of hydrogen-bond donors (Lipinski definition) is 2. The summed E-state index contributed by atoms with van der Waals surface area (Å²) in [6.45, 7) is 1.10. The van der Waals surface area contributed by atoms with Crippen molar-refractivity contribution in [1.82, 2.24) is 4.90 Å². The quantitative estimate of drug-likeness (QED) is 0.877. The molecule has 24 heavy (non-hydrogen) atoms. The number of aliphatic hydroxyl groups excluding tert-OH is 1. The van der Waals surface area contributed by atoms with Gasteiger partial charge in [0, 0.05) is 13.1 Å². The third-order valence-electron chi connectivity index (χ3n) is 4.33. The lowest BCUT2D eigenvalue weighted by molar-refractivity contribution is 0.0695. The molecule has 0 spiro atoms. The molecule has 1 fully saturated rings. The van der Waals surface area contributed by atoms with Gasteiger partial charge in [0.05, 0.1) is 5.56 Å². The van der Waals surface area contributed by atoms with Crippen LogP contribution in [0.5, 0.6) is 0 Å². The van der Waals surface area contributed by atoms with Crippen LogP contribution in [-0.4, -0.2) is 40.1 Å². The first-order chi connectivity index (χ1) is 11.6. The molecular formula is C18H19NO5. The van der Waals surface area contributed by atoms with E-state index in [2.05, 4.69) is 0 Å². The summed E-state index contributed by atoms with van der Waals surface area (Å²) in [5.41, 5.74) is 1.35. The molecule has 126 valence electrons. The van der Waals surface area contributed by atoms with Gasteiger partial charge in [-0.2, -0.15) is 0 Å². The molecule has 0 bridgehead atoms. The first-order valence-corrected chi connectivity index (χ1v) is 7.88. The summed E-state index contributed by atoms with van der Waals surface area (Å²) in [6.07, 6.45) is 1.71. The van der Waals surface area contributed by atoms with Crippen molar-refractivity contribution in [1.29, 1.82) is 0 Å². The number of carboxylic acids is 1. The van der Waals surface area contributed by atoms with Crippen molar-refractivity contribution in [2.45, 2.75) is 19.4 Å². The number of carboxylic acid groups (broad SMARTS) is 1. The first kappa shape index (κ1) is 16.3. The van der Waals surface area contributed by atoms with E-state index < -0.39 is 5.97 Å². The van der Waals surface area contributed by atoms with E-state index in [1.54, 1.807) is 29.2 Å². The molecule has 0 radical (unpaired) electrons. The second-order valence-corrected chi connectivity index (χ2v) is 6.04. The molecule has 3 rings (SSSR count). The Morgan fingerprint density at radius 1 is 1.17 bits per heavy atom. The Hall–Kier alpha value is -2.60. The molecule has 1 amide bonds. The summed E-state index contributed by atoms with van der Waals surface area (Å²) < 4.78 is 5.30. The highest BCUT2D eigenvalue weighted by Gasteiger charge is 2.28. The van der Waals surface area contributed by atoms with Gasteiger partial charge in [-0.3, -0.25) is 4.79 Å². The predicted molar refractivity (Wildman–Crippen MR) is 85.7 cm³/mol. The van der Waals surface area contributed by atoms with E-state index in [4.69, 9.17) is 14.6 Å². The number of aromatic carboxylic acids is 1. The molecule has 6 heteroatoms. The molecule has 1 aliphatic heterocycles. The number of likely N-dealkylation sites (tertiary alicyclic amines) is 1. The van der Waals surface area contributed by atoms with Gasteiger partial charge in [0.15, 0.2) is 5.76 Å². The second-order valence-electron chi connectivity index (χ2n) is 6.04. The van der Waals surface area contributed by atoms with Crippen LogP contribution in [-0.2, 0) is 13.0 Å². The summed E-state index contributed by atoms with van der Waals surface area (Å²) >= 11 is 0. The number of hydrogen-bond acceptors (Lipinski definition) is 4. The molecule has 1 aliphatic rings. The lowest BCUT2D eigenvalue weighted by atomic mass is 9.98. The van der Waals surface area contributed by atoms with Crippen molar-refractivity contribution in [2.75, 3.05) is 13.1 Å². The molecule has 2 aromatic rings. The fourth-order valence-corrected chi connectivity index (χ4v) is 3.03. The number of amides is 1. The highest BCUT2D eigenvalue weighted by molar-refractivity contribution is 5.91. The average molecular weight is 329 g/mol. The van der Waals surface area contributed by atoms with Crippen LogP contribution in [0.15, 0.2) is 40.8 Å². The third kappa shape index (κ3) is 3.49. The van der Waals surface area contributed by atoms with Crippen LogP contribution in [0, 0.1) is 5.92 Å². The average Bonchev–Trinajstić information content (AvgIpc) is 3.24. The van der Waals surface area contributed by atoms with Crippen molar-refractivity contribution < 1.29 is 24.2 Å². The van der Waals surface area contributed by atoms with Crippen LogP contribution in [0.2, 0.25) is 0 Å². The zero-order chi connectivity index (χ0) is 17.1. The predicted octanol–water partition coefficient (Wildman–Crippen LogP) is 2.17. The van der Waals surface area contributed by atoms with E-state index in [0.717, 1.165) is 18.4 Å². The van der Waals surface area contributed by atoms with Crippen molar-refractivity contribution in [3.8, 4) is 0 Å². The van der Waals surface area contributed by atoms with Gasteiger partial charge in [-0.15, -0.1) is 0 Å². The normalized spacial score (nSPS) is 17.2. The summed E-state index contributed by atoms with van der Waals surface area (Å²) in [7, 11) is 0. The van der Waals surface area contributed by atoms with Crippen LogP contribution < -0.4 is 0 Å². The number of nitrogens with zero attached hydrogens (tertiary/aromatic N) is 1. The number of benzene rings is 1. The maximum absolute atomic E-state index is 12.4. The summed E-state index contributed by atoms with van der Waals surface area (Å²) in [6, 6.07) is 10.1. The smallest absolute Gasteiger partial charge is 0.335 e. The van der Waals surface area contributed by atoms with E-state index >= 15 is 0 Å². The van der Waals surface area contributed by atoms with Gasteiger partial charge in [-0.05, 0) is 48.6 Å². The summed E-state index contributed by atoms with van der Waals surface area (Å²) in [4.78, 5) is 25.0. The monoisotopic (exact) mass is 329 g/mol. The fraction of sp³-hybridized carbons (Fsp3) is 0.333. The number of rotatable bonds is 5. The highest BCUT2D eigenvalue weighted by Crippen LogP contribution is 2.23. The van der Waals surface area contributed by atoms with Gasteiger partial charge >= 0.3 is 5.97 Å². The molecule has 1 saturated heterocycles. The van der Waals surface area contributed by atoms with E-state index in [1.165, 1.54) is 0 Å². The third-order valence-corrected chi connectivity index (χ3v) is 4.33. The minimum Gasteiger partial charge on any atom is -0.478 e. The molecule has 0 saturated carbocycles. The van der Waals surface area contributed by atoms with Crippen molar-refractivity contribution in [2.24, 2.45) is 5.92 Å². The Kier molecular flexibility index (Phi) is 4.66. The van der Waals surface area contributed by atoms with Gasteiger partial charge in [0.1, 0.15) is 12.4 Å². The minimum atomic E-state index is -0.931. The molecular weight excluding hydrogens is 310 g/mol. The highest BCUT2D eigenvalue weighted by atomic mass is 16.4. The van der Waals surface area contributed by atoms with Crippen LogP contribution in [0.4, 0.5) is 0 Å². The van der Waals surface area contributed by atoms with Crippen molar-refractivity contribution in [3.05, 3.63) is 59.0 Å². The molecule has 1 atom stereocenters. The van der Waals surface area contributed by atoms with Gasteiger partial charge in [0.2, 0.25) is 0 Å². The van der Waals surface area contributed by atoms with Gasteiger partial charge < -0.3 is 19.5 Å². The van der Waals surface area contributed by atoms with E-state index in [0.29, 0.717) is 24.8 Å². The van der Waals surface area contributed by atoms with Gasteiger partial charge in [-0.1, -0.05) is 12.1 Å². The summed E-state index contributed by atoms with van der Waals surface area (Å²) in [5, 5.41) is 17.9. The molecule has 0 aliphatic carbocycles. The zero-order valence-electron chi connectivity index (χ0n) is 13.1. The van der Waals surface area contributed by atoms with E-state index in [9.17, 15) is 9.59 Å². The molecule has 6 nitrogen and oxygen atoms in total. The maximum atomic E-state index is 12.4. The fourth-order valence-electron chi connectivity index (χ4n) is 3.03. The Morgan fingerprint density at radius 3 is 2.54 bits per heavy atom. The molecule has 1 aromatic heterocycles. The Labute approximate surface area is 139 Å². The molecule has 0 unspecified atom stereocenters. The second kappa shape index (κ2) is 6.88. The SMILES string of the molecule is O=C(O)c1ccc(C[C@H]2CCN(C(=O)c3ccc(CO)o3)C2)cc1. The maximum Gasteiger partial charge on any atom is 0.335 e. The van der Waals surface area contributed by atoms with Crippen LogP contribution >= 0.6 is 0 Å². The standard InChI is InChI=1S/C18H19NO5/c20-11-15-5-6-16(24-15)17(21)19-8-7-13(10-19)9-12-1-3-14(4-2-12)18(22)23/h1-6,13,20H,7-11H2,(H,22,23)/t13-/m1/s1. The lowest BCUT2D eigenvalue weighted by Crippen LogP contribution is -2.28. The number of carbonyl (C=O) groups is 2. The topological polar surface area (TPSA) is 91.0 Å². The molecule has 1 aromatic carbocycles. The van der Waals surface area contributed by atoms with Crippen LogP contribution in [0.3, 0.4) is 0 Å². The Balaban J connectivity index is 1.58. The number of carbonyl (C=O) groups excluding carboxylic acids is 1. The van der Waals surface area contributed by atoms with Crippen LogP contribution in [0.1, 0.15) is 38.7 Å². The molecule has 2 N–H and O–H groups in total. The summed E-state index contributed by atoms with van der Waals surface area (Å²) in [5.74, 6) is -0.103. The zero-order valence-corrected chi connectivity index (χ0v) is 13.1. The first-order valence-electron chi connectivity index (χ1n) is 7.88. The van der Waals surface area contributed by atoms with Gasteiger partial charge in [0.25, 0.3) is 5.91 Å². The number of aliphatic hydroxyl groups is 1. The molecule has 2 heterocycles. The Bertz CT molecular complexity index is 734. The van der Waals surface area contributed by atoms with Crippen LogP contribution in [0.25, 0.3) is 0 Å². The number of furan rings is 1. The van der Waals surface area contributed by atoms with Gasteiger partial charge in [-0.25, -0.2) is 4.79 Å². The van der Waals surface area contributed by atoms with Crippen molar-refractivity contribution in [3.63, 3.8) is 0 Å². The minimum absolute atomic E-state index is 0.154. The lowest BCUT2D eigenvalue weighted by Gasteiger charge is -2.15. The Morgan fingerprint density at radius 2 is 1.92 bits per heavy atom. The van der Waals surface area contributed by atoms with E-state index in [1.807, 2.05) is 12.1 Å².